The molecule has 7 heteroatoms. The summed E-state index contributed by atoms with van der Waals surface area (Å²) in [6.45, 7) is 2.24. The molecule has 0 aliphatic heterocycles. The number of anilines is 1. The van der Waals surface area contributed by atoms with E-state index in [4.69, 9.17) is 4.74 Å². The minimum absolute atomic E-state index is 0.0692. The highest BCUT2D eigenvalue weighted by Gasteiger charge is 2.17. The molecule has 1 heterocycles. The number of benzene rings is 3. The van der Waals surface area contributed by atoms with E-state index < -0.39 is 12.1 Å². The molecule has 0 bridgehead atoms. The Hall–Kier alpha value is -3.97. The number of aromatic hydroxyl groups is 2. The van der Waals surface area contributed by atoms with Crippen molar-refractivity contribution in [2.75, 3.05) is 19.0 Å². The molecule has 4 aromatic rings. The molecule has 1 unspecified atom stereocenters. The lowest BCUT2D eigenvalue weighted by Crippen LogP contribution is -2.21. The number of hydrogen-bond donors (Lipinski definition) is 4. The Balaban J connectivity index is 1.48. The second-order valence-electron chi connectivity index (χ2n) is 9.30. The molecule has 0 radical (unpaired) electrons. The molecule has 0 saturated heterocycles. The Morgan fingerprint density at radius 3 is 2.54 bits per heavy atom. The zero-order chi connectivity index (χ0) is 26.4. The average Bonchev–Trinajstić information content (AvgIpc) is 3.25. The molecule has 4 N–H and O–H groups in total. The zero-order valence-electron chi connectivity index (χ0n) is 21.3. The van der Waals surface area contributed by atoms with E-state index in [-0.39, 0.29) is 31.1 Å². The van der Waals surface area contributed by atoms with Crippen LogP contribution in [0, 0.1) is 0 Å². The number of ether oxygens (including phenoxy) is 1. The monoisotopic (exact) mass is 502 g/mol. The number of carbonyl (C=O) groups is 1. The van der Waals surface area contributed by atoms with Gasteiger partial charge in [0.05, 0.1) is 23.8 Å². The Morgan fingerprint density at radius 1 is 1.05 bits per heavy atom. The molecule has 0 saturated carbocycles. The van der Waals surface area contributed by atoms with E-state index in [1.165, 1.54) is 0 Å². The molecular weight excluding hydrogens is 468 g/mol. The van der Waals surface area contributed by atoms with Gasteiger partial charge in [0.15, 0.2) is 0 Å². The second kappa shape index (κ2) is 11.8. The van der Waals surface area contributed by atoms with Gasteiger partial charge in [-0.2, -0.15) is 0 Å². The number of hydrogen-bond acceptors (Lipinski definition) is 6. The van der Waals surface area contributed by atoms with E-state index in [2.05, 4.69) is 12.2 Å². The summed E-state index contributed by atoms with van der Waals surface area (Å²) in [6.07, 6.45) is 4.13. The second-order valence-corrected chi connectivity index (χ2v) is 9.30. The van der Waals surface area contributed by atoms with Gasteiger partial charge < -0.3 is 29.9 Å². The molecule has 3 aromatic carbocycles. The molecule has 4 rings (SSSR count). The summed E-state index contributed by atoms with van der Waals surface area (Å²) < 4.78 is 7.31. The van der Waals surface area contributed by atoms with Crippen LogP contribution in [0.15, 0.2) is 66.9 Å². The molecule has 37 heavy (non-hydrogen) atoms. The van der Waals surface area contributed by atoms with Crippen LogP contribution in [0.3, 0.4) is 0 Å². The number of rotatable bonds is 11. The van der Waals surface area contributed by atoms with Crippen molar-refractivity contribution < 1.29 is 24.9 Å². The van der Waals surface area contributed by atoms with Gasteiger partial charge in [-0.15, -0.1) is 0 Å². The number of carbonyl (C=O) groups excluding carboxylic acids is 1. The number of aliphatic hydroxyl groups is 1. The van der Waals surface area contributed by atoms with E-state index >= 15 is 0 Å². The van der Waals surface area contributed by atoms with Crippen molar-refractivity contribution in [2.45, 2.75) is 45.3 Å². The van der Waals surface area contributed by atoms with Gasteiger partial charge in [0.25, 0.3) is 0 Å². The van der Waals surface area contributed by atoms with E-state index in [0.717, 1.165) is 47.0 Å². The zero-order valence-corrected chi connectivity index (χ0v) is 21.3. The summed E-state index contributed by atoms with van der Waals surface area (Å²) in [7, 11) is 1.77. The van der Waals surface area contributed by atoms with Crippen molar-refractivity contribution in [3.05, 3.63) is 89.1 Å². The first-order chi connectivity index (χ1) is 17.9. The number of aryl methyl sites for hydroxylation is 1. The van der Waals surface area contributed by atoms with Crippen molar-refractivity contribution in [3.8, 4) is 11.5 Å². The Bertz CT molecular complexity index is 1350. The lowest BCUT2D eigenvalue weighted by atomic mass is 10.0. The van der Waals surface area contributed by atoms with Crippen LogP contribution in [-0.2, 0) is 24.1 Å². The van der Waals surface area contributed by atoms with Crippen LogP contribution in [0.2, 0.25) is 0 Å². The predicted octanol–water partition coefficient (Wildman–Crippen LogP) is 5.25. The summed E-state index contributed by atoms with van der Waals surface area (Å²) in [4.78, 5) is 12.4. The minimum atomic E-state index is -0.893. The van der Waals surface area contributed by atoms with E-state index in [1.54, 1.807) is 37.4 Å². The highest BCUT2D eigenvalue weighted by atomic mass is 16.5. The van der Waals surface area contributed by atoms with E-state index in [9.17, 15) is 20.1 Å². The third kappa shape index (κ3) is 6.24. The van der Waals surface area contributed by atoms with Gasteiger partial charge in [-0.25, -0.2) is 4.79 Å². The fraction of sp³-hybridized carbons (Fsp3) is 0.300. The Labute approximate surface area is 217 Å². The van der Waals surface area contributed by atoms with Crippen LogP contribution < -0.4 is 5.32 Å². The van der Waals surface area contributed by atoms with Crippen LogP contribution >= 0.6 is 0 Å². The van der Waals surface area contributed by atoms with Crippen molar-refractivity contribution in [1.82, 2.24) is 4.57 Å². The molecular formula is C30H34N2O5. The fourth-order valence-electron chi connectivity index (χ4n) is 4.54. The number of para-hydroxylation sites is 1. The normalized spacial score (nSPS) is 12.0. The van der Waals surface area contributed by atoms with Gasteiger partial charge in [0.1, 0.15) is 18.1 Å². The van der Waals surface area contributed by atoms with E-state index in [1.807, 2.05) is 41.1 Å². The van der Waals surface area contributed by atoms with Crippen molar-refractivity contribution in [1.29, 1.82) is 0 Å². The van der Waals surface area contributed by atoms with Crippen LogP contribution in [0.5, 0.6) is 11.5 Å². The van der Waals surface area contributed by atoms with Crippen LogP contribution in [0.1, 0.15) is 46.8 Å². The topological polar surface area (TPSA) is 104 Å². The lowest BCUT2D eigenvalue weighted by Gasteiger charge is -2.12. The highest BCUT2D eigenvalue weighted by molar-refractivity contribution is 5.90. The van der Waals surface area contributed by atoms with Crippen LogP contribution in [-0.4, -0.2) is 45.6 Å². The maximum Gasteiger partial charge on any atom is 0.338 e. The summed E-state index contributed by atoms with van der Waals surface area (Å²) in [5, 5.41) is 35.9. The maximum absolute atomic E-state index is 12.4. The standard InChI is InChI=1S/C30H34N2O5/c1-3-4-8-20-13-28(34)26(29(35)14-20)18-32-17-22(25-11-5-6-12-27(25)32)16-24(33)19-37-30(36)21-9-7-10-23(15-21)31-2/h5-7,9-15,17,24,31,33-35H,3-4,8,16,18-19H2,1-2H3. The molecule has 194 valence electrons. The third-order valence-corrected chi connectivity index (χ3v) is 6.53. The molecule has 0 fully saturated rings. The van der Waals surface area contributed by atoms with Gasteiger partial charge in [0.2, 0.25) is 0 Å². The number of unbranched alkanes of at least 4 members (excludes halogenated alkanes) is 1. The first-order valence-electron chi connectivity index (χ1n) is 12.6. The molecule has 7 nitrogen and oxygen atoms in total. The summed E-state index contributed by atoms with van der Waals surface area (Å²) in [5.74, 6) is -0.355. The number of aliphatic hydroxyl groups excluding tert-OH is 1. The fourth-order valence-corrected chi connectivity index (χ4v) is 4.54. The Morgan fingerprint density at radius 2 is 1.81 bits per heavy atom. The van der Waals surface area contributed by atoms with Gasteiger partial charge in [-0.3, -0.25) is 0 Å². The highest BCUT2D eigenvalue weighted by Crippen LogP contribution is 2.32. The van der Waals surface area contributed by atoms with Crippen LogP contribution in [0.4, 0.5) is 5.69 Å². The first kappa shape index (κ1) is 26.1. The van der Waals surface area contributed by atoms with Crippen molar-refractivity contribution in [2.24, 2.45) is 0 Å². The van der Waals surface area contributed by atoms with E-state index in [0.29, 0.717) is 11.1 Å². The largest absolute Gasteiger partial charge is 0.507 e. The number of esters is 1. The van der Waals surface area contributed by atoms with Gasteiger partial charge in [-0.05, 0) is 60.4 Å². The molecule has 0 aliphatic carbocycles. The number of nitrogens with zero attached hydrogens (tertiary/aromatic N) is 1. The summed E-state index contributed by atoms with van der Waals surface area (Å²) >= 11 is 0. The number of aromatic nitrogens is 1. The number of nitrogens with one attached hydrogen (secondary N) is 1. The smallest absolute Gasteiger partial charge is 0.338 e. The van der Waals surface area contributed by atoms with Crippen molar-refractivity contribution in [3.63, 3.8) is 0 Å². The molecule has 0 amide bonds. The summed E-state index contributed by atoms with van der Waals surface area (Å²) in [5.41, 5.74) is 4.38. The van der Waals surface area contributed by atoms with Crippen molar-refractivity contribution >= 4 is 22.6 Å². The number of phenolic OH excluding ortho intramolecular Hbond substituents is 2. The Kier molecular flexibility index (Phi) is 8.36. The molecule has 0 spiro atoms. The third-order valence-electron chi connectivity index (χ3n) is 6.53. The molecule has 1 atom stereocenters. The number of phenols is 2. The lowest BCUT2D eigenvalue weighted by molar-refractivity contribution is 0.0259. The minimum Gasteiger partial charge on any atom is -0.507 e. The molecule has 0 aliphatic rings. The first-order valence-corrected chi connectivity index (χ1v) is 12.6. The number of fused-ring (bicyclic) bond motifs is 1. The van der Waals surface area contributed by atoms with Gasteiger partial charge in [0, 0.05) is 36.3 Å². The summed E-state index contributed by atoms with van der Waals surface area (Å²) in [6, 6.07) is 18.2. The maximum atomic E-state index is 12.4. The molecule has 1 aromatic heterocycles. The van der Waals surface area contributed by atoms with Crippen LogP contribution in [0.25, 0.3) is 10.9 Å². The quantitative estimate of drug-likeness (QED) is 0.209. The predicted molar refractivity (Wildman–Crippen MR) is 145 cm³/mol. The van der Waals surface area contributed by atoms with Gasteiger partial charge >= 0.3 is 5.97 Å². The van der Waals surface area contributed by atoms with Gasteiger partial charge in [-0.1, -0.05) is 37.6 Å². The average molecular weight is 503 g/mol. The SMILES string of the molecule is CCCCc1cc(O)c(Cn2cc(CC(O)COC(=O)c3cccc(NC)c3)c3ccccc32)c(O)c1.